The van der Waals surface area contributed by atoms with Crippen molar-refractivity contribution in [3.05, 3.63) is 47.8 Å². The number of H-pyrrole nitrogens is 1. The van der Waals surface area contributed by atoms with Crippen molar-refractivity contribution < 1.29 is 4.79 Å². The van der Waals surface area contributed by atoms with E-state index in [1.807, 2.05) is 30.3 Å². The van der Waals surface area contributed by atoms with Crippen molar-refractivity contribution in [2.75, 3.05) is 0 Å². The molecule has 0 saturated carbocycles. The van der Waals surface area contributed by atoms with E-state index in [0.717, 1.165) is 12.0 Å². The number of aromatic amines is 1. The first-order valence-corrected chi connectivity index (χ1v) is 6.38. The highest BCUT2D eigenvalue weighted by molar-refractivity contribution is 5.92. The van der Waals surface area contributed by atoms with Crippen molar-refractivity contribution in [3.8, 4) is 0 Å². The smallest absolute Gasteiger partial charge is 0.273 e. The number of rotatable bonds is 5. The van der Waals surface area contributed by atoms with E-state index in [4.69, 9.17) is 0 Å². The predicted octanol–water partition coefficient (Wildman–Crippen LogP) is 2.32. The van der Waals surface area contributed by atoms with Gasteiger partial charge in [-0.05, 0) is 17.9 Å². The Balaban J connectivity index is 2.13. The van der Waals surface area contributed by atoms with Gasteiger partial charge in [0.15, 0.2) is 5.69 Å². The van der Waals surface area contributed by atoms with E-state index in [-0.39, 0.29) is 11.9 Å². The minimum absolute atomic E-state index is 0.00889. The lowest BCUT2D eigenvalue weighted by atomic mass is 9.97. The zero-order chi connectivity index (χ0) is 13.7. The van der Waals surface area contributed by atoms with Crippen molar-refractivity contribution in [1.82, 2.24) is 20.7 Å². The number of hydrogen-bond acceptors (Lipinski definition) is 3. The summed E-state index contributed by atoms with van der Waals surface area (Å²) in [7, 11) is 0. The van der Waals surface area contributed by atoms with Crippen LogP contribution in [0, 0.1) is 5.92 Å². The molecule has 0 fully saturated rings. The first-order valence-electron chi connectivity index (χ1n) is 6.38. The highest BCUT2D eigenvalue weighted by atomic mass is 16.2. The number of amides is 1. The Hall–Kier alpha value is -2.17. The molecule has 1 heterocycles. The maximum absolute atomic E-state index is 12.0. The van der Waals surface area contributed by atoms with Crippen LogP contribution in [0.4, 0.5) is 0 Å². The Morgan fingerprint density at radius 3 is 2.63 bits per heavy atom. The molecule has 0 aliphatic rings. The maximum atomic E-state index is 12.0. The predicted molar refractivity (Wildman–Crippen MR) is 72.5 cm³/mol. The molecule has 1 amide bonds. The molecule has 0 radical (unpaired) electrons. The quantitative estimate of drug-likeness (QED) is 0.864. The van der Waals surface area contributed by atoms with Crippen LogP contribution in [0.25, 0.3) is 0 Å². The summed E-state index contributed by atoms with van der Waals surface area (Å²) >= 11 is 0. The Labute approximate surface area is 112 Å². The topological polar surface area (TPSA) is 70.7 Å². The van der Waals surface area contributed by atoms with Crippen LogP contribution in [0.5, 0.6) is 0 Å². The summed E-state index contributed by atoms with van der Waals surface area (Å²) in [6, 6.07) is 9.96. The zero-order valence-electron chi connectivity index (χ0n) is 11.1. The van der Waals surface area contributed by atoms with Crippen molar-refractivity contribution in [1.29, 1.82) is 0 Å². The molecule has 1 atom stereocenters. The number of hydrogen-bond donors (Lipinski definition) is 2. The molecule has 0 aliphatic carbocycles. The Morgan fingerprint density at radius 2 is 2.05 bits per heavy atom. The van der Waals surface area contributed by atoms with Crippen LogP contribution >= 0.6 is 0 Å². The summed E-state index contributed by atoms with van der Waals surface area (Å²) in [5, 5.41) is 12.9. The van der Waals surface area contributed by atoms with E-state index < -0.39 is 0 Å². The van der Waals surface area contributed by atoms with Crippen molar-refractivity contribution in [2.24, 2.45) is 5.92 Å². The largest absolute Gasteiger partial charge is 0.344 e. The zero-order valence-corrected chi connectivity index (χ0v) is 11.1. The number of nitrogens with zero attached hydrogens (tertiary/aromatic N) is 2. The molecule has 1 aromatic heterocycles. The third-order valence-electron chi connectivity index (χ3n) is 2.86. The third kappa shape index (κ3) is 3.64. The Bertz CT molecular complexity index is 508. The highest BCUT2D eigenvalue weighted by Crippen LogP contribution is 2.21. The minimum atomic E-state index is -0.205. The molecule has 0 bridgehead atoms. The summed E-state index contributed by atoms with van der Waals surface area (Å²) in [4.78, 5) is 12.0. The van der Waals surface area contributed by atoms with Crippen LogP contribution in [-0.4, -0.2) is 21.3 Å². The van der Waals surface area contributed by atoms with Gasteiger partial charge in [-0.1, -0.05) is 44.2 Å². The fourth-order valence-corrected chi connectivity index (χ4v) is 1.98. The lowest BCUT2D eigenvalue weighted by molar-refractivity contribution is 0.0927. The summed E-state index contributed by atoms with van der Waals surface area (Å²) in [5.74, 6) is 0.283. The minimum Gasteiger partial charge on any atom is -0.344 e. The van der Waals surface area contributed by atoms with Crippen LogP contribution in [0.2, 0.25) is 0 Å². The van der Waals surface area contributed by atoms with Crippen LogP contribution in [-0.2, 0) is 0 Å². The second-order valence-electron chi connectivity index (χ2n) is 4.92. The van der Waals surface area contributed by atoms with Gasteiger partial charge < -0.3 is 5.32 Å². The van der Waals surface area contributed by atoms with Crippen LogP contribution in [0.3, 0.4) is 0 Å². The number of aromatic nitrogens is 3. The summed E-state index contributed by atoms with van der Waals surface area (Å²) < 4.78 is 0. The highest BCUT2D eigenvalue weighted by Gasteiger charge is 2.18. The van der Waals surface area contributed by atoms with Gasteiger partial charge in [0, 0.05) is 0 Å². The van der Waals surface area contributed by atoms with Crippen LogP contribution < -0.4 is 5.32 Å². The molecule has 0 saturated heterocycles. The second kappa shape index (κ2) is 6.13. The van der Waals surface area contributed by atoms with E-state index in [0.29, 0.717) is 11.6 Å². The van der Waals surface area contributed by atoms with Gasteiger partial charge in [0.1, 0.15) is 0 Å². The molecule has 1 unspecified atom stereocenters. The summed E-state index contributed by atoms with van der Waals surface area (Å²) in [5.41, 5.74) is 1.41. The monoisotopic (exact) mass is 258 g/mol. The molecule has 5 nitrogen and oxygen atoms in total. The molecule has 5 heteroatoms. The molecule has 2 rings (SSSR count). The lowest BCUT2D eigenvalue weighted by Crippen LogP contribution is -2.29. The van der Waals surface area contributed by atoms with Gasteiger partial charge >= 0.3 is 0 Å². The first kappa shape index (κ1) is 13.3. The first-order chi connectivity index (χ1) is 9.16. The average molecular weight is 258 g/mol. The summed E-state index contributed by atoms with van der Waals surface area (Å²) in [6.45, 7) is 4.27. The lowest BCUT2D eigenvalue weighted by Gasteiger charge is -2.20. The average Bonchev–Trinajstić information content (AvgIpc) is 2.92. The van der Waals surface area contributed by atoms with Gasteiger partial charge in [0.05, 0.1) is 12.2 Å². The Kier molecular flexibility index (Phi) is 4.28. The SMILES string of the molecule is CC(C)CC(NC(=O)c1cn[nH]n1)c1ccccc1. The molecular formula is C14H18N4O. The van der Waals surface area contributed by atoms with Crippen molar-refractivity contribution >= 4 is 5.91 Å². The molecule has 2 aromatic rings. The number of carbonyl (C=O) groups is 1. The molecule has 0 aliphatic heterocycles. The van der Waals surface area contributed by atoms with Gasteiger partial charge in [-0.3, -0.25) is 4.79 Å². The van der Waals surface area contributed by atoms with Gasteiger partial charge in [0.2, 0.25) is 0 Å². The van der Waals surface area contributed by atoms with E-state index in [1.165, 1.54) is 6.20 Å². The van der Waals surface area contributed by atoms with Crippen LogP contribution in [0.1, 0.15) is 42.4 Å². The number of benzene rings is 1. The van der Waals surface area contributed by atoms with Crippen molar-refractivity contribution in [3.63, 3.8) is 0 Å². The molecule has 0 spiro atoms. The molecule has 2 N–H and O–H groups in total. The molecule has 19 heavy (non-hydrogen) atoms. The number of carbonyl (C=O) groups excluding carboxylic acids is 1. The molecular weight excluding hydrogens is 240 g/mol. The third-order valence-corrected chi connectivity index (χ3v) is 2.86. The van der Waals surface area contributed by atoms with Gasteiger partial charge in [-0.25, -0.2) is 0 Å². The van der Waals surface area contributed by atoms with Gasteiger partial charge in [0.25, 0.3) is 5.91 Å². The molecule has 1 aromatic carbocycles. The Morgan fingerprint density at radius 1 is 1.32 bits per heavy atom. The van der Waals surface area contributed by atoms with Crippen molar-refractivity contribution in [2.45, 2.75) is 26.3 Å². The van der Waals surface area contributed by atoms with E-state index in [1.54, 1.807) is 0 Å². The van der Waals surface area contributed by atoms with E-state index in [2.05, 4.69) is 34.6 Å². The summed E-state index contributed by atoms with van der Waals surface area (Å²) in [6.07, 6.45) is 2.31. The maximum Gasteiger partial charge on any atom is 0.273 e. The number of nitrogens with one attached hydrogen (secondary N) is 2. The normalized spacial score (nSPS) is 12.4. The van der Waals surface area contributed by atoms with Gasteiger partial charge in [-0.2, -0.15) is 15.4 Å². The van der Waals surface area contributed by atoms with Gasteiger partial charge in [-0.15, -0.1) is 0 Å². The second-order valence-corrected chi connectivity index (χ2v) is 4.92. The fourth-order valence-electron chi connectivity index (χ4n) is 1.98. The fraction of sp³-hybridized carbons (Fsp3) is 0.357. The van der Waals surface area contributed by atoms with E-state index >= 15 is 0 Å². The van der Waals surface area contributed by atoms with E-state index in [9.17, 15) is 4.79 Å². The molecule has 100 valence electrons. The van der Waals surface area contributed by atoms with Crippen LogP contribution in [0.15, 0.2) is 36.5 Å². The standard InChI is InChI=1S/C14H18N4O/c1-10(2)8-12(11-6-4-3-5-7-11)16-14(19)13-9-15-18-17-13/h3-7,9-10,12H,8H2,1-2H3,(H,16,19)(H,15,17,18).